The van der Waals surface area contributed by atoms with Crippen molar-refractivity contribution in [1.29, 1.82) is 0 Å². The lowest BCUT2D eigenvalue weighted by atomic mass is 10.0. The van der Waals surface area contributed by atoms with Crippen molar-refractivity contribution in [3.05, 3.63) is 81.8 Å². The van der Waals surface area contributed by atoms with Crippen LogP contribution in [-0.4, -0.2) is 10.8 Å². The predicted octanol–water partition coefficient (Wildman–Crippen LogP) is 3.08. The zero-order valence-electron chi connectivity index (χ0n) is 12.6. The molecule has 4 nitrogen and oxygen atoms in total. The molecule has 2 aromatic rings. The zero-order chi connectivity index (χ0) is 16.3. The maximum absolute atomic E-state index is 12.6. The van der Waals surface area contributed by atoms with Crippen molar-refractivity contribution >= 4 is 16.7 Å². The van der Waals surface area contributed by atoms with E-state index in [1.807, 2.05) is 6.07 Å². The molecule has 0 aliphatic carbocycles. The summed E-state index contributed by atoms with van der Waals surface area (Å²) in [6, 6.07) is 7.07. The third-order valence-corrected chi connectivity index (χ3v) is 3.51. The molecular weight excluding hydrogens is 276 g/mol. The van der Waals surface area contributed by atoms with Crippen LogP contribution >= 0.6 is 0 Å². The van der Waals surface area contributed by atoms with Crippen molar-refractivity contribution in [2.24, 2.45) is 5.73 Å². The normalized spacial score (nSPS) is 12.9. The van der Waals surface area contributed by atoms with Gasteiger partial charge in [0.1, 0.15) is 0 Å². The van der Waals surface area contributed by atoms with E-state index in [0.717, 1.165) is 5.57 Å². The van der Waals surface area contributed by atoms with Crippen LogP contribution in [0, 0.1) is 0 Å². The first kappa shape index (κ1) is 15.5. The van der Waals surface area contributed by atoms with Crippen molar-refractivity contribution < 1.29 is 4.79 Å². The Bertz CT molecular complexity index is 866. The Morgan fingerprint density at radius 3 is 2.59 bits per heavy atom. The van der Waals surface area contributed by atoms with Gasteiger partial charge in [0.2, 0.25) is 5.43 Å². The van der Waals surface area contributed by atoms with Gasteiger partial charge in [-0.05, 0) is 37.6 Å². The number of fused-ring (bicyclic) bond motifs is 1. The molecule has 1 aromatic carbocycles. The number of nitrogens with two attached hydrogens (primary N) is 1. The minimum absolute atomic E-state index is 0.0901. The number of aromatic amines is 1. The number of H-pyrrole nitrogens is 1. The third kappa shape index (κ3) is 2.91. The number of Topliss-reactive ketones (excluding diaryl/α,β-unsaturated/α-hetero) is 1. The highest BCUT2D eigenvalue weighted by atomic mass is 16.1. The van der Waals surface area contributed by atoms with E-state index in [-0.39, 0.29) is 16.8 Å². The molecule has 0 radical (unpaired) electrons. The number of aromatic nitrogens is 1. The largest absolute Gasteiger partial charge is 0.402 e. The summed E-state index contributed by atoms with van der Waals surface area (Å²) in [4.78, 5) is 28.0. The molecule has 0 bridgehead atoms. The first-order valence-corrected chi connectivity index (χ1v) is 6.88. The van der Waals surface area contributed by atoms with Crippen LogP contribution in [0.15, 0.2) is 70.8 Å². The first-order chi connectivity index (χ1) is 10.5. The topological polar surface area (TPSA) is 76.0 Å². The molecule has 0 fully saturated rings. The van der Waals surface area contributed by atoms with E-state index in [4.69, 9.17) is 5.73 Å². The van der Waals surface area contributed by atoms with E-state index in [2.05, 4.69) is 11.6 Å². The highest BCUT2D eigenvalue weighted by Gasteiger charge is 2.15. The van der Waals surface area contributed by atoms with Crippen LogP contribution in [0.25, 0.3) is 10.9 Å². The number of allylic oxidation sites excluding steroid dienone is 5. The Balaban J connectivity index is 2.58. The summed E-state index contributed by atoms with van der Waals surface area (Å²) in [5, 5.41) is 0.485. The molecule has 0 unspecified atom stereocenters. The molecule has 1 aromatic heterocycles. The fourth-order valence-electron chi connectivity index (χ4n) is 2.06. The smallest absolute Gasteiger partial charge is 0.200 e. The predicted molar refractivity (Wildman–Crippen MR) is 89.7 cm³/mol. The lowest BCUT2D eigenvalue weighted by molar-refractivity contribution is 0.103. The Hall–Kier alpha value is -2.88. The average molecular weight is 294 g/mol. The SMILES string of the molecule is C=C/C(=C\C(C)=C(\C)N)C(=O)c1c[nH]c2ccccc2c1=O. The van der Waals surface area contributed by atoms with Crippen molar-refractivity contribution in [3.8, 4) is 0 Å². The van der Waals surface area contributed by atoms with Gasteiger partial charge in [0, 0.05) is 28.4 Å². The Morgan fingerprint density at radius 2 is 1.95 bits per heavy atom. The van der Waals surface area contributed by atoms with Crippen molar-refractivity contribution in [3.63, 3.8) is 0 Å². The molecule has 1 heterocycles. The van der Waals surface area contributed by atoms with Crippen LogP contribution in [-0.2, 0) is 0 Å². The van der Waals surface area contributed by atoms with Crippen LogP contribution in [0.1, 0.15) is 24.2 Å². The summed E-state index contributed by atoms with van der Waals surface area (Å²) < 4.78 is 0. The maximum Gasteiger partial charge on any atom is 0.200 e. The number of ketones is 1. The summed E-state index contributed by atoms with van der Waals surface area (Å²) in [6.07, 6.45) is 4.52. The van der Waals surface area contributed by atoms with Gasteiger partial charge in [-0.25, -0.2) is 0 Å². The number of hydrogen-bond acceptors (Lipinski definition) is 3. The van der Waals surface area contributed by atoms with Gasteiger partial charge in [0.15, 0.2) is 5.78 Å². The molecule has 0 aliphatic rings. The second kappa shape index (κ2) is 6.26. The first-order valence-electron chi connectivity index (χ1n) is 6.88. The summed E-state index contributed by atoms with van der Waals surface area (Å²) in [7, 11) is 0. The van der Waals surface area contributed by atoms with Gasteiger partial charge in [-0.3, -0.25) is 9.59 Å². The zero-order valence-corrected chi connectivity index (χ0v) is 12.6. The molecule has 2 rings (SSSR count). The van der Waals surface area contributed by atoms with Crippen molar-refractivity contribution in [2.45, 2.75) is 13.8 Å². The molecule has 0 saturated heterocycles. The minimum Gasteiger partial charge on any atom is -0.402 e. The lowest BCUT2D eigenvalue weighted by Crippen LogP contribution is -2.17. The number of carbonyl (C=O) groups excluding carboxylic acids is 1. The Morgan fingerprint density at radius 1 is 1.27 bits per heavy atom. The van der Waals surface area contributed by atoms with E-state index in [9.17, 15) is 9.59 Å². The molecule has 0 aliphatic heterocycles. The lowest BCUT2D eigenvalue weighted by Gasteiger charge is -2.05. The molecule has 0 saturated carbocycles. The second-order valence-corrected chi connectivity index (χ2v) is 5.08. The highest BCUT2D eigenvalue weighted by Crippen LogP contribution is 2.13. The molecular formula is C18H18N2O2. The van der Waals surface area contributed by atoms with E-state index in [1.165, 1.54) is 12.3 Å². The summed E-state index contributed by atoms with van der Waals surface area (Å²) >= 11 is 0. The number of rotatable bonds is 4. The molecule has 0 amide bonds. The monoisotopic (exact) mass is 294 g/mol. The van der Waals surface area contributed by atoms with Gasteiger partial charge in [-0.1, -0.05) is 24.8 Å². The average Bonchev–Trinajstić information content (AvgIpc) is 2.52. The van der Waals surface area contributed by atoms with Gasteiger partial charge in [0.25, 0.3) is 0 Å². The van der Waals surface area contributed by atoms with E-state index in [0.29, 0.717) is 22.2 Å². The van der Waals surface area contributed by atoms with E-state index < -0.39 is 0 Å². The number of pyridine rings is 1. The number of carbonyl (C=O) groups is 1. The van der Waals surface area contributed by atoms with Crippen LogP contribution in [0.4, 0.5) is 0 Å². The Kier molecular flexibility index (Phi) is 4.41. The fourth-order valence-corrected chi connectivity index (χ4v) is 2.06. The van der Waals surface area contributed by atoms with Crippen molar-refractivity contribution in [2.75, 3.05) is 0 Å². The molecule has 0 spiro atoms. The summed E-state index contributed by atoms with van der Waals surface area (Å²) in [5.74, 6) is -0.373. The quantitative estimate of drug-likeness (QED) is 0.517. The number of nitrogens with one attached hydrogen (secondary N) is 1. The molecule has 112 valence electrons. The molecule has 4 heteroatoms. The van der Waals surface area contributed by atoms with E-state index in [1.54, 1.807) is 38.1 Å². The third-order valence-electron chi connectivity index (χ3n) is 3.51. The van der Waals surface area contributed by atoms with Crippen molar-refractivity contribution in [1.82, 2.24) is 4.98 Å². The van der Waals surface area contributed by atoms with Crippen LogP contribution in [0.2, 0.25) is 0 Å². The number of para-hydroxylation sites is 1. The van der Waals surface area contributed by atoms with Crippen LogP contribution in [0.5, 0.6) is 0 Å². The van der Waals surface area contributed by atoms with Gasteiger partial charge in [0.05, 0.1) is 5.56 Å². The van der Waals surface area contributed by atoms with Gasteiger partial charge in [-0.15, -0.1) is 0 Å². The summed E-state index contributed by atoms with van der Waals surface area (Å²) in [6.45, 7) is 7.20. The van der Waals surface area contributed by atoms with Crippen LogP contribution < -0.4 is 11.2 Å². The standard InChI is InChI=1S/C18H18N2O2/c1-4-13(9-11(2)12(3)19)17(21)15-10-20-16-8-6-5-7-14(16)18(15)22/h4-10H,1,19H2,2-3H3,(H,20,22)/b12-11-,13-9+. The number of benzene rings is 1. The Labute approximate surface area is 128 Å². The number of hydrogen-bond donors (Lipinski definition) is 2. The van der Waals surface area contributed by atoms with Gasteiger partial charge in [-0.2, -0.15) is 0 Å². The van der Waals surface area contributed by atoms with Gasteiger partial charge < -0.3 is 10.7 Å². The van der Waals surface area contributed by atoms with E-state index >= 15 is 0 Å². The highest BCUT2D eigenvalue weighted by molar-refractivity contribution is 6.11. The molecule has 0 atom stereocenters. The maximum atomic E-state index is 12.6. The second-order valence-electron chi connectivity index (χ2n) is 5.08. The fraction of sp³-hybridized carbons (Fsp3) is 0.111. The van der Waals surface area contributed by atoms with Crippen LogP contribution in [0.3, 0.4) is 0 Å². The molecule has 22 heavy (non-hydrogen) atoms. The summed E-state index contributed by atoms with van der Waals surface area (Å²) in [5.41, 5.74) is 7.91. The minimum atomic E-state index is -0.373. The molecule has 3 N–H and O–H groups in total. The van der Waals surface area contributed by atoms with Gasteiger partial charge >= 0.3 is 0 Å².